The maximum absolute atomic E-state index is 11.5. The lowest BCUT2D eigenvalue weighted by Gasteiger charge is -2.02. The van der Waals surface area contributed by atoms with Crippen molar-refractivity contribution in [2.75, 3.05) is 5.73 Å². The fourth-order valence-electron chi connectivity index (χ4n) is 0.874. The summed E-state index contributed by atoms with van der Waals surface area (Å²) in [5, 5.41) is 0.263. The lowest BCUT2D eigenvalue weighted by atomic mass is 10.3. The van der Waals surface area contributed by atoms with E-state index >= 15 is 0 Å². The number of hydrogen-bond donors (Lipinski definition) is 3. The normalized spacial score (nSPS) is 11.0. The van der Waals surface area contributed by atoms with Crippen molar-refractivity contribution in [2.24, 2.45) is 15.9 Å². The van der Waals surface area contributed by atoms with Gasteiger partial charge in [-0.05, 0) is 18.2 Å². The predicted octanol–water partition coefficient (Wildman–Crippen LogP) is -0.116. The van der Waals surface area contributed by atoms with E-state index in [1.54, 1.807) is 0 Å². The molecule has 0 heterocycles. The lowest BCUT2D eigenvalue weighted by Crippen LogP contribution is -2.24. The summed E-state index contributed by atoms with van der Waals surface area (Å²) in [6.45, 7) is 0. The fraction of sp³-hybridized carbons (Fsp3) is 0. The second kappa shape index (κ2) is 3.95. The third-order valence-electron chi connectivity index (χ3n) is 1.49. The Bertz CT molecular complexity index is 508. The molecule has 1 aromatic carbocycles. The molecule has 0 saturated heterocycles. The van der Waals surface area contributed by atoms with Crippen LogP contribution in [0.5, 0.6) is 0 Å². The van der Waals surface area contributed by atoms with E-state index in [2.05, 4.69) is 4.40 Å². The molecule has 1 aromatic rings. The number of nitrogens with zero attached hydrogens (tertiary/aromatic N) is 1. The summed E-state index contributed by atoms with van der Waals surface area (Å²) in [5.74, 6) is -0.538. The van der Waals surface area contributed by atoms with Gasteiger partial charge in [0.2, 0.25) is 5.96 Å². The highest BCUT2D eigenvalue weighted by Gasteiger charge is 2.14. The molecule has 15 heavy (non-hydrogen) atoms. The van der Waals surface area contributed by atoms with Crippen LogP contribution in [-0.4, -0.2) is 14.4 Å². The van der Waals surface area contributed by atoms with Crippen molar-refractivity contribution >= 4 is 33.3 Å². The molecule has 82 valence electrons. The van der Waals surface area contributed by atoms with Gasteiger partial charge >= 0.3 is 0 Å². The minimum Gasteiger partial charge on any atom is -0.397 e. The van der Waals surface area contributed by atoms with Crippen LogP contribution in [0.25, 0.3) is 0 Å². The highest BCUT2D eigenvalue weighted by Crippen LogP contribution is 2.23. The van der Waals surface area contributed by atoms with Crippen molar-refractivity contribution in [1.29, 1.82) is 0 Å². The molecule has 0 aliphatic heterocycles. The van der Waals surface area contributed by atoms with Gasteiger partial charge in [-0.1, -0.05) is 11.6 Å². The van der Waals surface area contributed by atoms with Gasteiger partial charge in [0.1, 0.15) is 0 Å². The smallest absolute Gasteiger partial charge is 0.285 e. The zero-order chi connectivity index (χ0) is 11.6. The molecule has 0 atom stereocenters. The zero-order valence-corrected chi connectivity index (χ0v) is 9.09. The number of benzene rings is 1. The van der Waals surface area contributed by atoms with Crippen LogP contribution in [-0.2, 0) is 10.0 Å². The van der Waals surface area contributed by atoms with Crippen LogP contribution in [0.4, 0.5) is 5.69 Å². The predicted molar refractivity (Wildman–Crippen MR) is 58.9 cm³/mol. The van der Waals surface area contributed by atoms with Crippen LogP contribution < -0.4 is 17.2 Å². The van der Waals surface area contributed by atoms with Crippen molar-refractivity contribution < 1.29 is 8.42 Å². The minimum atomic E-state index is -3.90. The fourth-order valence-corrected chi connectivity index (χ4v) is 1.89. The van der Waals surface area contributed by atoms with Crippen molar-refractivity contribution in [1.82, 2.24) is 0 Å². The third kappa shape index (κ3) is 2.74. The van der Waals surface area contributed by atoms with Gasteiger partial charge in [0.25, 0.3) is 10.0 Å². The van der Waals surface area contributed by atoms with Crippen molar-refractivity contribution in [3.63, 3.8) is 0 Å². The Morgan fingerprint density at radius 2 is 1.93 bits per heavy atom. The Balaban J connectivity index is 3.29. The zero-order valence-electron chi connectivity index (χ0n) is 7.51. The molecule has 0 radical (unpaired) electrons. The molecule has 1 rings (SSSR count). The molecule has 6 N–H and O–H groups in total. The monoisotopic (exact) mass is 248 g/mol. The van der Waals surface area contributed by atoms with E-state index < -0.39 is 16.0 Å². The average Bonchev–Trinajstić information content (AvgIpc) is 2.07. The summed E-state index contributed by atoms with van der Waals surface area (Å²) in [6.07, 6.45) is 0. The maximum Gasteiger partial charge on any atom is 0.285 e. The van der Waals surface area contributed by atoms with E-state index in [1.165, 1.54) is 18.2 Å². The van der Waals surface area contributed by atoms with E-state index in [0.717, 1.165) is 0 Å². The van der Waals surface area contributed by atoms with E-state index in [-0.39, 0.29) is 15.6 Å². The first kappa shape index (κ1) is 11.6. The quantitative estimate of drug-likeness (QED) is 0.382. The van der Waals surface area contributed by atoms with E-state index in [4.69, 9.17) is 28.8 Å². The highest BCUT2D eigenvalue weighted by atomic mass is 35.5. The van der Waals surface area contributed by atoms with Crippen LogP contribution in [0.2, 0.25) is 5.02 Å². The van der Waals surface area contributed by atoms with Gasteiger partial charge in [-0.3, -0.25) is 0 Å². The van der Waals surface area contributed by atoms with Gasteiger partial charge in [-0.2, -0.15) is 8.42 Å². The summed E-state index contributed by atoms with van der Waals surface area (Å²) in [4.78, 5) is -0.113. The van der Waals surface area contributed by atoms with Crippen LogP contribution in [0.15, 0.2) is 27.5 Å². The van der Waals surface area contributed by atoms with Crippen molar-refractivity contribution in [3.05, 3.63) is 23.2 Å². The molecule has 0 spiro atoms. The van der Waals surface area contributed by atoms with Gasteiger partial charge in [0, 0.05) is 0 Å². The molecular formula is C7H9ClN4O2S. The van der Waals surface area contributed by atoms with Crippen LogP contribution in [0, 0.1) is 0 Å². The topological polar surface area (TPSA) is 125 Å². The van der Waals surface area contributed by atoms with Gasteiger partial charge in [-0.25, -0.2) is 0 Å². The molecule has 8 heteroatoms. The third-order valence-corrected chi connectivity index (χ3v) is 3.14. The Hall–Kier alpha value is -1.47. The SMILES string of the molecule is NC(N)=NS(=O)(=O)c1ccc(Cl)c(N)c1. The first-order chi connectivity index (χ1) is 6.83. The number of anilines is 1. The highest BCUT2D eigenvalue weighted by molar-refractivity contribution is 7.90. The summed E-state index contributed by atoms with van der Waals surface area (Å²) < 4.78 is 26.0. The molecule has 0 aliphatic rings. The number of sulfonamides is 1. The van der Waals surface area contributed by atoms with Crippen molar-refractivity contribution in [2.45, 2.75) is 4.90 Å². The molecule has 0 saturated carbocycles. The molecule has 0 amide bonds. The van der Waals surface area contributed by atoms with Gasteiger partial charge in [0.15, 0.2) is 0 Å². The van der Waals surface area contributed by atoms with Gasteiger partial charge in [0.05, 0.1) is 15.6 Å². The molecule has 0 aromatic heterocycles. The summed E-state index contributed by atoms with van der Waals surface area (Å²) in [6, 6.07) is 3.80. The van der Waals surface area contributed by atoms with E-state index in [1.807, 2.05) is 0 Å². The largest absolute Gasteiger partial charge is 0.397 e. The average molecular weight is 249 g/mol. The van der Waals surface area contributed by atoms with Gasteiger partial charge in [-0.15, -0.1) is 4.40 Å². The molecule has 0 unspecified atom stereocenters. The Morgan fingerprint density at radius 3 is 2.40 bits per heavy atom. The number of hydrogen-bond acceptors (Lipinski definition) is 3. The first-order valence-corrected chi connectivity index (χ1v) is 5.55. The second-order valence-electron chi connectivity index (χ2n) is 2.67. The van der Waals surface area contributed by atoms with Gasteiger partial charge < -0.3 is 17.2 Å². The van der Waals surface area contributed by atoms with E-state index in [9.17, 15) is 8.42 Å². The molecule has 6 nitrogen and oxygen atoms in total. The summed E-state index contributed by atoms with van der Waals surface area (Å²) in [5.41, 5.74) is 15.5. The van der Waals surface area contributed by atoms with E-state index in [0.29, 0.717) is 0 Å². The maximum atomic E-state index is 11.5. The number of guanidine groups is 1. The van der Waals surface area contributed by atoms with Crippen LogP contribution >= 0.6 is 11.6 Å². The second-order valence-corrected chi connectivity index (χ2v) is 4.69. The standard InChI is InChI=1S/C7H9ClN4O2S/c8-5-2-1-4(3-6(5)9)15(13,14)12-7(10)11/h1-3H,9H2,(H4,10,11,12). The minimum absolute atomic E-state index is 0.113. The Morgan fingerprint density at radius 1 is 1.33 bits per heavy atom. The van der Waals surface area contributed by atoms with Crippen LogP contribution in [0.1, 0.15) is 0 Å². The molecule has 0 aliphatic carbocycles. The number of rotatable bonds is 2. The number of nitrogens with two attached hydrogens (primary N) is 3. The summed E-state index contributed by atoms with van der Waals surface area (Å²) >= 11 is 5.63. The Kier molecular flexibility index (Phi) is 3.06. The first-order valence-electron chi connectivity index (χ1n) is 3.74. The summed E-state index contributed by atoms with van der Waals surface area (Å²) in [7, 11) is -3.90. The Labute approximate surface area is 91.8 Å². The number of halogens is 1. The molecular weight excluding hydrogens is 240 g/mol. The number of nitrogen functional groups attached to an aromatic ring is 1. The van der Waals surface area contributed by atoms with Crippen LogP contribution in [0.3, 0.4) is 0 Å². The molecule has 0 fully saturated rings. The van der Waals surface area contributed by atoms with Crippen molar-refractivity contribution in [3.8, 4) is 0 Å². The molecule has 0 bridgehead atoms. The lowest BCUT2D eigenvalue weighted by molar-refractivity contribution is 0.598.